The molecule has 2 aliphatic rings. The molecule has 1 saturated carbocycles. The van der Waals surface area contributed by atoms with Gasteiger partial charge in [-0.15, -0.1) is 0 Å². The molecule has 2 fully saturated rings. The molecular weight excluding hydrogens is 380 g/mol. The van der Waals surface area contributed by atoms with Crippen molar-refractivity contribution in [1.29, 1.82) is 0 Å². The Balaban J connectivity index is 1.70. The fraction of sp³-hybridized carbons (Fsp3) is 0.421. The third-order valence-electron chi connectivity index (χ3n) is 5.32. The van der Waals surface area contributed by atoms with Crippen LogP contribution in [0.3, 0.4) is 0 Å². The first kappa shape index (κ1) is 17.4. The Bertz CT molecular complexity index is 1180. The van der Waals surface area contributed by atoms with Gasteiger partial charge >= 0.3 is 0 Å². The number of hydrogen-bond acceptors (Lipinski definition) is 6. The maximum Gasteiger partial charge on any atom is 0.252 e. The number of amides is 1. The lowest BCUT2D eigenvalue weighted by Gasteiger charge is -2.11. The first-order chi connectivity index (χ1) is 13.4. The molecule has 9 heteroatoms. The average molecular weight is 400 g/mol. The first-order valence-corrected chi connectivity index (χ1v) is 11.2. The van der Waals surface area contributed by atoms with Crippen LogP contribution in [-0.4, -0.2) is 46.6 Å². The number of hydrogen-bond donors (Lipinski definition) is 1. The van der Waals surface area contributed by atoms with Gasteiger partial charge < -0.3 is 9.73 Å². The van der Waals surface area contributed by atoms with E-state index < -0.39 is 9.84 Å². The van der Waals surface area contributed by atoms with Gasteiger partial charge in [0.2, 0.25) is 0 Å². The summed E-state index contributed by atoms with van der Waals surface area (Å²) in [7, 11) is -3.08. The minimum Gasteiger partial charge on any atom is -0.463 e. The Hall–Kier alpha value is -2.68. The molecule has 0 bridgehead atoms. The predicted molar refractivity (Wildman–Crippen MR) is 103 cm³/mol. The normalized spacial score (nSPS) is 21.2. The summed E-state index contributed by atoms with van der Waals surface area (Å²) in [6.45, 7) is 1.82. The van der Waals surface area contributed by atoms with Crippen molar-refractivity contribution in [3.05, 3.63) is 35.7 Å². The van der Waals surface area contributed by atoms with Crippen LogP contribution in [0, 0.1) is 6.92 Å². The molecule has 0 spiro atoms. The van der Waals surface area contributed by atoms with Crippen molar-refractivity contribution in [1.82, 2.24) is 20.1 Å². The molecule has 1 aliphatic heterocycles. The van der Waals surface area contributed by atoms with Crippen LogP contribution in [0.5, 0.6) is 0 Å². The van der Waals surface area contributed by atoms with Crippen molar-refractivity contribution in [2.45, 2.75) is 38.3 Å². The molecule has 0 unspecified atom stereocenters. The zero-order valence-electron chi connectivity index (χ0n) is 15.4. The SMILES string of the molecule is Cc1nn([C@H]2CCS(=O)(=O)C2)c2nc(-c3ccco3)cc(C(=O)NC3CC3)c12. The molecule has 1 amide bonds. The number of aryl methyl sites for hydroxylation is 1. The van der Waals surface area contributed by atoms with E-state index >= 15 is 0 Å². The molecule has 8 nitrogen and oxygen atoms in total. The van der Waals surface area contributed by atoms with Crippen molar-refractivity contribution in [3.63, 3.8) is 0 Å². The van der Waals surface area contributed by atoms with Crippen LogP contribution in [0.4, 0.5) is 0 Å². The van der Waals surface area contributed by atoms with E-state index in [0.717, 1.165) is 12.8 Å². The molecule has 3 aromatic rings. The maximum atomic E-state index is 12.9. The highest BCUT2D eigenvalue weighted by Gasteiger charge is 2.33. The molecular formula is C19H20N4O4S. The Labute approximate surface area is 161 Å². The van der Waals surface area contributed by atoms with Gasteiger partial charge in [-0.25, -0.2) is 18.1 Å². The number of rotatable bonds is 4. The van der Waals surface area contributed by atoms with Gasteiger partial charge in [0.1, 0.15) is 5.69 Å². The minimum absolute atomic E-state index is 0.0412. The van der Waals surface area contributed by atoms with E-state index in [1.807, 2.05) is 6.92 Å². The fourth-order valence-electron chi connectivity index (χ4n) is 3.76. The Kier molecular flexibility index (Phi) is 3.84. The quantitative estimate of drug-likeness (QED) is 0.720. The van der Waals surface area contributed by atoms with Gasteiger partial charge in [0.05, 0.1) is 40.5 Å². The van der Waals surface area contributed by atoms with Gasteiger partial charge in [0.15, 0.2) is 21.2 Å². The van der Waals surface area contributed by atoms with Crippen molar-refractivity contribution >= 4 is 26.8 Å². The number of carbonyl (C=O) groups is 1. The fourth-order valence-corrected chi connectivity index (χ4v) is 5.45. The van der Waals surface area contributed by atoms with Crippen LogP contribution in [0.1, 0.15) is 41.4 Å². The van der Waals surface area contributed by atoms with Crippen LogP contribution in [0.2, 0.25) is 0 Å². The van der Waals surface area contributed by atoms with E-state index in [2.05, 4.69) is 10.4 Å². The lowest BCUT2D eigenvalue weighted by atomic mass is 10.1. The summed E-state index contributed by atoms with van der Waals surface area (Å²) in [6, 6.07) is 5.21. The van der Waals surface area contributed by atoms with E-state index in [1.54, 1.807) is 29.1 Å². The number of sulfone groups is 1. The number of nitrogens with one attached hydrogen (secondary N) is 1. The van der Waals surface area contributed by atoms with E-state index in [-0.39, 0.29) is 29.5 Å². The molecule has 4 heterocycles. The smallest absolute Gasteiger partial charge is 0.252 e. The third-order valence-corrected chi connectivity index (χ3v) is 7.07. The minimum atomic E-state index is -3.08. The van der Waals surface area contributed by atoms with Crippen LogP contribution in [0.25, 0.3) is 22.5 Å². The zero-order valence-corrected chi connectivity index (χ0v) is 16.2. The molecule has 3 aromatic heterocycles. The average Bonchev–Trinajstić information content (AvgIpc) is 3.06. The summed E-state index contributed by atoms with van der Waals surface area (Å²) < 4.78 is 31.1. The van der Waals surface area contributed by atoms with E-state index in [0.29, 0.717) is 40.2 Å². The zero-order chi connectivity index (χ0) is 19.5. The van der Waals surface area contributed by atoms with Crippen molar-refractivity contribution in [2.75, 3.05) is 11.5 Å². The number of fused-ring (bicyclic) bond motifs is 1. The van der Waals surface area contributed by atoms with Gasteiger partial charge in [0, 0.05) is 6.04 Å². The standard InChI is InChI=1S/C19H20N4O4S/c1-11-17-14(19(24)20-12-4-5-12)9-15(16-3-2-7-27-16)21-18(17)23(22-11)13-6-8-28(25,26)10-13/h2-3,7,9,12-13H,4-6,8,10H2,1H3,(H,20,24)/t13-/m0/s1. The highest BCUT2D eigenvalue weighted by Crippen LogP contribution is 2.32. The van der Waals surface area contributed by atoms with E-state index in [1.165, 1.54) is 0 Å². The second kappa shape index (κ2) is 6.16. The monoisotopic (exact) mass is 400 g/mol. The first-order valence-electron chi connectivity index (χ1n) is 9.36. The Morgan fingerprint density at radius 3 is 2.79 bits per heavy atom. The van der Waals surface area contributed by atoms with Crippen LogP contribution < -0.4 is 5.32 Å². The molecule has 5 rings (SSSR count). The highest BCUT2D eigenvalue weighted by molar-refractivity contribution is 7.91. The number of carbonyl (C=O) groups excluding carboxylic acids is 1. The largest absolute Gasteiger partial charge is 0.463 e. The molecule has 0 radical (unpaired) electrons. The van der Waals surface area contributed by atoms with Crippen LogP contribution >= 0.6 is 0 Å². The van der Waals surface area contributed by atoms with E-state index in [9.17, 15) is 13.2 Å². The summed E-state index contributed by atoms with van der Waals surface area (Å²) in [5, 5.41) is 8.26. The van der Waals surface area contributed by atoms with Gasteiger partial charge in [0.25, 0.3) is 5.91 Å². The second-order valence-electron chi connectivity index (χ2n) is 7.57. The summed E-state index contributed by atoms with van der Waals surface area (Å²) in [5.74, 6) is 0.570. The Morgan fingerprint density at radius 1 is 1.32 bits per heavy atom. The Morgan fingerprint density at radius 2 is 2.14 bits per heavy atom. The predicted octanol–water partition coefficient (Wildman–Crippen LogP) is 2.25. The highest BCUT2D eigenvalue weighted by atomic mass is 32.2. The third kappa shape index (κ3) is 2.99. The number of pyridine rings is 1. The van der Waals surface area contributed by atoms with Crippen molar-refractivity contribution < 1.29 is 17.6 Å². The van der Waals surface area contributed by atoms with Crippen molar-refractivity contribution in [2.24, 2.45) is 0 Å². The lowest BCUT2D eigenvalue weighted by Crippen LogP contribution is -2.25. The molecule has 0 aromatic carbocycles. The van der Waals surface area contributed by atoms with E-state index in [4.69, 9.17) is 9.40 Å². The van der Waals surface area contributed by atoms with Crippen LogP contribution in [-0.2, 0) is 9.84 Å². The molecule has 1 atom stereocenters. The molecule has 1 N–H and O–H groups in total. The van der Waals surface area contributed by atoms with Gasteiger partial charge in [-0.1, -0.05) is 0 Å². The number of nitrogens with zero attached hydrogens (tertiary/aromatic N) is 3. The summed E-state index contributed by atoms with van der Waals surface area (Å²) in [4.78, 5) is 17.6. The summed E-state index contributed by atoms with van der Waals surface area (Å²) in [6.07, 6.45) is 4.03. The number of aromatic nitrogens is 3. The summed E-state index contributed by atoms with van der Waals surface area (Å²) in [5.41, 5.74) is 2.21. The molecule has 1 aliphatic carbocycles. The topological polar surface area (TPSA) is 107 Å². The van der Waals surface area contributed by atoms with Crippen molar-refractivity contribution in [3.8, 4) is 11.5 Å². The van der Waals surface area contributed by atoms with Gasteiger partial charge in [-0.3, -0.25) is 4.79 Å². The molecule has 1 saturated heterocycles. The van der Waals surface area contributed by atoms with Gasteiger partial charge in [-0.2, -0.15) is 5.10 Å². The lowest BCUT2D eigenvalue weighted by molar-refractivity contribution is 0.0952. The van der Waals surface area contributed by atoms with Gasteiger partial charge in [-0.05, 0) is 44.4 Å². The van der Waals surface area contributed by atoms with Crippen LogP contribution in [0.15, 0.2) is 28.9 Å². The molecule has 146 valence electrons. The second-order valence-corrected chi connectivity index (χ2v) is 9.79. The summed E-state index contributed by atoms with van der Waals surface area (Å²) >= 11 is 0. The maximum absolute atomic E-state index is 12.9. The number of furan rings is 1. The molecule has 28 heavy (non-hydrogen) atoms.